The van der Waals surface area contributed by atoms with Crippen LogP contribution in [0.1, 0.15) is 12.0 Å². The Morgan fingerprint density at radius 1 is 1.28 bits per heavy atom. The number of hydrogen-bond donors (Lipinski definition) is 1. The van der Waals surface area contributed by atoms with Gasteiger partial charge in [-0.15, -0.1) is 0 Å². The zero-order valence-electron chi connectivity index (χ0n) is 9.93. The van der Waals surface area contributed by atoms with Crippen LogP contribution in [-0.4, -0.2) is 26.2 Å². The fourth-order valence-corrected chi connectivity index (χ4v) is 1.41. The number of carbonyl (C=O) groups is 1. The summed E-state index contributed by atoms with van der Waals surface area (Å²) in [7, 11) is 1.53. The number of benzene rings is 1. The lowest BCUT2D eigenvalue weighted by molar-refractivity contribution is -0.120. The predicted octanol–water partition coefficient (Wildman–Crippen LogP) is 1.80. The van der Waals surface area contributed by atoms with Crippen LogP contribution in [0, 0.1) is 17.5 Å². The fraction of sp³-hybridized carbons (Fsp3) is 0.417. The van der Waals surface area contributed by atoms with E-state index in [2.05, 4.69) is 5.32 Å². The minimum Gasteiger partial charge on any atom is -0.385 e. The zero-order valence-corrected chi connectivity index (χ0v) is 9.93. The van der Waals surface area contributed by atoms with Crippen LogP contribution in [0.4, 0.5) is 13.2 Å². The molecule has 0 aromatic heterocycles. The Kier molecular flexibility index (Phi) is 5.64. The van der Waals surface area contributed by atoms with Gasteiger partial charge in [-0.25, -0.2) is 13.2 Å². The van der Waals surface area contributed by atoms with Crippen molar-refractivity contribution in [2.45, 2.75) is 12.8 Å². The van der Waals surface area contributed by atoms with E-state index in [0.29, 0.717) is 31.7 Å². The fourth-order valence-electron chi connectivity index (χ4n) is 1.41. The molecule has 0 aliphatic rings. The van der Waals surface area contributed by atoms with E-state index in [0.717, 1.165) is 0 Å². The summed E-state index contributed by atoms with van der Waals surface area (Å²) in [6.07, 6.45) is 0.154. The molecule has 0 atom stereocenters. The normalized spacial score (nSPS) is 10.4. The summed E-state index contributed by atoms with van der Waals surface area (Å²) in [6, 6.07) is 1.10. The lowest BCUT2D eigenvalue weighted by atomic mass is 10.1. The molecule has 18 heavy (non-hydrogen) atoms. The van der Waals surface area contributed by atoms with Crippen LogP contribution in [0.25, 0.3) is 0 Å². The van der Waals surface area contributed by atoms with Crippen molar-refractivity contribution in [3.05, 3.63) is 35.1 Å². The first-order valence-corrected chi connectivity index (χ1v) is 5.43. The van der Waals surface area contributed by atoms with Gasteiger partial charge in [-0.2, -0.15) is 0 Å². The van der Waals surface area contributed by atoms with E-state index in [-0.39, 0.29) is 0 Å². The van der Waals surface area contributed by atoms with Gasteiger partial charge >= 0.3 is 0 Å². The molecule has 0 aliphatic carbocycles. The number of rotatable bonds is 6. The molecule has 0 fully saturated rings. The van der Waals surface area contributed by atoms with Crippen molar-refractivity contribution in [1.82, 2.24) is 5.32 Å². The molecule has 0 radical (unpaired) electrons. The highest BCUT2D eigenvalue weighted by Crippen LogP contribution is 2.15. The van der Waals surface area contributed by atoms with Crippen molar-refractivity contribution < 1.29 is 22.7 Å². The molecule has 0 aliphatic heterocycles. The number of halogens is 3. The lowest BCUT2D eigenvalue weighted by Gasteiger charge is -2.07. The van der Waals surface area contributed by atoms with Gasteiger partial charge in [-0.1, -0.05) is 0 Å². The Bertz CT molecular complexity index is 401. The third-order valence-electron chi connectivity index (χ3n) is 2.29. The average molecular weight is 261 g/mol. The second-order valence-electron chi connectivity index (χ2n) is 3.72. The standard InChI is InChI=1S/C12H14F3NO2/c1-18-4-2-3-16-12(17)7-9-10(14)5-8(13)6-11(9)15/h5-6H,2-4,7H2,1H3,(H,16,17). The number of hydrogen-bond acceptors (Lipinski definition) is 2. The first-order chi connectivity index (χ1) is 8.54. The SMILES string of the molecule is COCCCNC(=O)Cc1c(F)cc(F)cc1F. The molecule has 0 bridgehead atoms. The van der Waals surface area contributed by atoms with Crippen LogP contribution in [0.3, 0.4) is 0 Å². The average Bonchev–Trinajstić information content (AvgIpc) is 2.29. The van der Waals surface area contributed by atoms with Crippen LogP contribution in [0.5, 0.6) is 0 Å². The molecule has 6 heteroatoms. The first kappa shape index (κ1) is 14.5. The zero-order chi connectivity index (χ0) is 13.5. The van der Waals surface area contributed by atoms with Gasteiger partial charge < -0.3 is 10.1 Å². The van der Waals surface area contributed by atoms with E-state index in [1.54, 1.807) is 0 Å². The van der Waals surface area contributed by atoms with Crippen molar-refractivity contribution in [1.29, 1.82) is 0 Å². The molecule has 1 N–H and O–H groups in total. The quantitative estimate of drug-likeness (QED) is 0.793. The molecular formula is C12H14F3NO2. The number of carbonyl (C=O) groups excluding carboxylic acids is 1. The van der Waals surface area contributed by atoms with E-state index in [4.69, 9.17) is 4.74 Å². The topological polar surface area (TPSA) is 38.3 Å². The molecule has 1 aromatic carbocycles. The molecule has 3 nitrogen and oxygen atoms in total. The maximum absolute atomic E-state index is 13.2. The van der Waals surface area contributed by atoms with E-state index in [1.807, 2.05) is 0 Å². The molecule has 100 valence electrons. The summed E-state index contributed by atoms with van der Waals surface area (Å²) in [5, 5.41) is 2.49. The minimum atomic E-state index is -1.06. The highest BCUT2D eigenvalue weighted by molar-refractivity contribution is 5.78. The van der Waals surface area contributed by atoms with Crippen LogP contribution in [0.15, 0.2) is 12.1 Å². The Hall–Kier alpha value is -1.56. The van der Waals surface area contributed by atoms with Gasteiger partial charge in [0, 0.05) is 38.0 Å². The van der Waals surface area contributed by atoms with Gasteiger partial charge in [0.25, 0.3) is 0 Å². The Morgan fingerprint density at radius 3 is 2.44 bits per heavy atom. The summed E-state index contributed by atoms with van der Waals surface area (Å²) < 4.78 is 43.9. The van der Waals surface area contributed by atoms with E-state index < -0.39 is 35.3 Å². The van der Waals surface area contributed by atoms with Gasteiger partial charge in [0.05, 0.1) is 6.42 Å². The van der Waals surface area contributed by atoms with Crippen molar-refractivity contribution in [2.75, 3.05) is 20.3 Å². The molecule has 1 amide bonds. The first-order valence-electron chi connectivity index (χ1n) is 5.43. The molecule has 0 saturated heterocycles. The molecular weight excluding hydrogens is 247 g/mol. The van der Waals surface area contributed by atoms with Crippen molar-refractivity contribution in [3.63, 3.8) is 0 Å². The smallest absolute Gasteiger partial charge is 0.224 e. The van der Waals surface area contributed by atoms with Crippen molar-refractivity contribution in [2.24, 2.45) is 0 Å². The van der Waals surface area contributed by atoms with Gasteiger partial charge in [0.15, 0.2) is 0 Å². The van der Waals surface area contributed by atoms with Crippen LogP contribution in [-0.2, 0) is 16.0 Å². The second kappa shape index (κ2) is 7.00. The summed E-state index contributed by atoms with van der Waals surface area (Å²) in [4.78, 5) is 11.4. The lowest BCUT2D eigenvalue weighted by Crippen LogP contribution is -2.27. The van der Waals surface area contributed by atoms with Crippen LogP contribution < -0.4 is 5.32 Å². The molecule has 0 heterocycles. The van der Waals surface area contributed by atoms with E-state index >= 15 is 0 Å². The summed E-state index contributed by atoms with van der Waals surface area (Å²) >= 11 is 0. The second-order valence-corrected chi connectivity index (χ2v) is 3.72. The number of amides is 1. The molecule has 0 spiro atoms. The number of nitrogens with one attached hydrogen (secondary N) is 1. The maximum atomic E-state index is 13.2. The minimum absolute atomic E-state index is 0.358. The molecule has 1 aromatic rings. The van der Waals surface area contributed by atoms with E-state index in [1.165, 1.54) is 7.11 Å². The third-order valence-corrected chi connectivity index (χ3v) is 2.29. The molecule has 0 saturated carbocycles. The highest BCUT2D eigenvalue weighted by Gasteiger charge is 2.14. The van der Waals surface area contributed by atoms with Gasteiger partial charge in [0.2, 0.25) is 5.91 Å². The van der Waals surface area contributed by atoms with Crippen LogP contribution >= 0.6 is 0 Å². The van der Waals surface area contributed by atoms with Crippen LogP contribution in [0.2, 0.25) is 0 Å². The Balaban J connectivity index is 2.54. The molecule has 0 unspecified atom stereocenters. The van der Waals surface area contributed by atoms with Gasteiger partial charge in [0.1, 0.15) is 17.5 Å². The monoisotopic (exact) mass is 261 g/mol. The number of ether oxygens (including phenoxy) is 1. The molecule has 1 rings (SSSR count). The van der Waals surface area contributed by atoms with Crippen molar-refractivity contribution in [3.8, 4) is 0 Å². The summed E-state index contributed by atoms with van der Waals surface area (Å²) in [5.74, 6) is -3.64. The van der Waals surface area contributed by atoms with Gasteiger partial charge in [-0.3, -0.25) is 4.79 Å². The summed E-state index contributed by atoms with van der Waals surface area (Å²) in [6.45, 7) is 0.844. The van der Waals surface area contributed by atoms with Gasteiger partial charge in [-0.05, 0) is 6.42 Å². The third kappa shape index (κ3) is 4.37. The number of methoxy groups -OCH3 is 1. The highest BCUT2D eigenvalue weighted by atomic mass is 19.1. The predicted molar refractivity (Wildman–Crippen MR) is 59.5 cm³/mol. The maximum Gasteiger partial charge on any atom is 0.224 e. The Labute approximate surface area is 103 Å². The summed E-state index contributed by atoms with van der Waals surface area (Å²) in [5.41, 5.74) is -0.430. The largest absolute Gasteiger partial charge is 0.385 e. The Morgan fingerprint density at radius 2 is 1.89 bits per heavy atom. The van der Waals surface area contributed by atoms with E-state index in [9.17, 15) is 18.0 Å². The van der Waals surface area contributed by atoms with Crippen molar-refractivity contribution >= 4 is 5.91 Å².